The number of nitrogens with zero attached hydrogens (tertiary/aromatic N) is 5. The predicted molar refractivity (Wildman–Crippen MR) is 98.9 cm³/mol. The Balaban J connectivity index is 1.75. The first kappa shape index (κ1) is 17.7. The standard InChI is InChI=1S/C18H23N7O2/c1-13-11-27-9-6-25(13)16-10-14(18(12-19)3-7-26-8-4-18)21-17(23-16)22-15-2-5-20-24-15/h2,5,10,13H,3-4,6-9,11H2,1H3,(H2,20,21,22,23,24)/t13-/m1/s1. The Kier molecular flexibility index (Phi) is 4.92. The van der Waals surface area contributed by atoms with Crippen LogP contribution in [0.25, 0.3) is 0 Å². The van der Waals surface area contributed by atoms with E-state index in [1.54, 1.807) is 6.20 Å². The molecule has 2 aromatic rings. The van der Waals surface area contributed by atoms with Crippen molar-refractivity contribution in [2.75, 3.05) is 43.2 Å². The van der Waals surface area contributed by atoms with Crippen molar-refractivity contribution < 1.29 is 9.47 Å². The highest BCUT2D eigenvalue weighted by Crippen LogP contribution is 2.35. The fraction of sp³-hybridized carbons (Fsp3) is 0.556. The highest BCUT2D eigenvalue weighted by atomic mass is 16.5. The lowest BCUT2D eigenvalue weighted by Gasteiger charge is -2.36. The molecule has 0 amide bonds. The van der Waals surface area contributed by atoms with E-state index >= 15 is 0 Å². The van der Waals surface area contributed by atoms with E-state index in [-0.39, 0.29) is 6.04 Å². The summed E-state index contributed by atoms with van der Waals surface area (Å²) in [7, 11) is 0. The Bertz CT molecular complexity index is 812. The molecule has 2 saturated heterocycles. The highest BCUT2D eigenvalue weighted by Gasteiger charge is 2.37. The second kappa shape index (κ2) is 7.50. The number of anilines is 3. The fourth-order valence-electron chi connectivity index (χ4n) is 3.54. The van der Waals surface area contributed by atoms with Crippen LogP contribution in [-0.2, 0) is 14.9 Å². The molecule has 9 nitrogen and oxygen atoms in total. The largest absolute Gasteiger partial charge is 0.381 e. The van der Waals surface area contributed by atoms with Gasteiger partial charge in [-0.25, -0.2) is 4.98 Å². The first-order chi connectivity index (χ1) is 13.2. The molecule has 0 saturated carbocycles. The zero-order valence-electron chi connectivity index (χ0n) is 15.3. The highest BCUT2D eigenvalue weighted by molar-refractivity contribution is 5.54. The summed E-state index contributed by atoms with van der Waals surface area (Å²) >= 11 is 0. The molecule has 2 aliphatic heterocycles. The molecule has 27 heavy (non-hydrogen) atoms. The van der Waals surface area contributed by atoms with Crippen LogP contribution in [0.2, 0.25) is 0 Å². The van der Waals surface area contributed by atoms with Crippen molar-refractivity contribution in [3.63, 3.8) is 0 Å². The predicted octanol–water partition coefficient (Wildman–Crippen LogP) is 1.74. The average molecular weight is 369 g/mol. The Morgan fingerprint density at radius 3 is 2.85 bits per heavy atom. The number of hydrogen-bond acceptors (Lipinski definition) is 8. The molecule has 2 aliphatic rings. The van der Waals surface area contributed by atoms with Gasteiger partial charge in [-0.15, -0.1) is 0 Å². The maximum atomic E-state index is 9.96. The smallest absolute Gasteiger partial charge is 0.230 e. The van der Waals surface area contributed by atoms with Crippen molar-refractivity contribution in [2.24, 2.45) is 0 Å². The van der Waals surface area contributed by atoms with E-state index in [1.807, 2.05) is 12.1 Å². The molecule has 0 bridgehead atoms. The third kappa shape index (κ3) is 3.59. The van der Waals surface area contributed by atoms with Crippen molar-refractivity contribution in [3.8, 4) is 6.07 Å². The minimum Gasteiger partial charge on any atom is -0.381 e. The van der Waals surface area contributed by atoms with Crippen LogP contribution in [0.4, 0.5) is 17.6 Å². The minimum atomic E-state index is -0.657. The minimum absolute atomic E-state index is 0.203. The van der Waals surface area contributed by atoms with Gasteiger partial charge < -0.3 is 19.7 Å². The zero-order chi connectivity index (χ0) is 18.7. The summed E-state index contributed by atoms with van der Waals surface area (Å²) in [4.78, 5) is 11.6. The Morgan fingerprint density at radius 2 is 2.15 bits per heavy atom. The molecule has 2 fully saturated rings. The third-order valence-electron chi connectivity index (χ3n) is 5.17. The lowest BCUT2D eigenvalue weighted by atomic mass is 9.78. The number of morpholine rings is 1. The maximum absolute atomic E-state index is 9.96. The van der Waals surface area contributed by atoms with Crippen LogP contribution in [-0.4, -0.2) is 59.2 Å². The number of aromatic nitrogens is 4. The normalized spacial score (nSPS) is 22.2. The number of hydrogen-bond donors (Lipinski definition) is 2. The quantitative estimate of drug-likeness (QED) is 0.838. The molecule has 0 aromatic carbocycles. The van der Waals surface area contributed by atoms with Gasteiger partial charge in [-0.2, -0.15) is 15.3 Å². The number of nitriles is 1. The molecule has 4 heterocycles. The van der Waals surface area contributed by atoms with Gasteiger partial charge in [0.1, 0.15) is 17.1 Å². The summed E-state index contributed by atoms with van der Waals surface area (Å²) in [5, 5.41) is 19.9. The van der Waals surface area contributed by atoms with Gasteiger partial charge in [-0.05, 0) is 19.8 Å². The van der Waals surface area contributed by atoms with Crippen molar-refractivity contribution >= 4 is 17.6 Å². The molecule has 1 atom stereocenters. The molecule has 9 heteroatoms. The summed E-state index contributed by atoms with van der Waals surface area (Å²) in [5.41, 5.74) is 0.0783. The van der Waals surface area contributed by atoms with E-state index in [1.165, 1.54) is 0 Å². The molecule has 4 rings (SSSR count). The summed E-state index contributed by atoms with van der Waals surface area (Å²) in [6, 6.07) is 6.46. The molecule has 0 unspecified atom stereocenters. The Hall–Kier alpha value is -2.70. The second-order valence-corrected chi connectivity index (χ2v) is 6.95. The van der Waals surface area contributed by atoms with E-state index in [0.29, 0.717) is 51.0 Å². The van der Waals surface area contributed by atoms with Crippen LogP contribution in [0, 0.1) is 11.3 Å². The lowest BCUT2D eigenvalue weighted by Crippen LogP contribution is -2.44. The lowest BCUT2D eigenvalue weighted by molar-refractivity contribution is 0.0663. The van der Waals surface area contributed by atoms with E-state index in [4.69, 9.17) is 14.5 Å². The summed E-state index contributed by atoms with van der Waals surface area (Å²) in [6.45, 7) is 5.29. The second-order valence-electron chi connectivity index (χ2n) is 6.95. The topological polar surface area (TPSA) is 112 Å². The first-order valence-corrected chi connectivity index (χ1v) is 9.19. The van der Waals surface area contributed by atoms with E-state index in [2.05, 4.69) is 38.4 Å². The van der Waals surface area contributed by atoms with Crippen LogP contribution in [0.3, 0.4) is 0 Å². The summed E-state index contributed by atoms with van der Waals surface area (Å²) in [6.07, 6.45) is 2.91. The number of H-pyrrole nitrogens is 1. The van der Waals surface area contributed by atoms with Gasteiger partial charge in [0.25, 0.3) is 0 Å². The molecule has 142 valence electrons. The number of rotatable bonds is 4. The van der Waals surface area contributed by atoms with Gasteiger partial charge in [0.05, 0.1) is 37.2 Å². The SMILES string of the molecule is C[C@@H]1COCCN1c1cc(C2(C#N)CCOCC2)nc(Nc2ccn[nH]2)n1. The van der Waals surface area contributed by atoms with E-state index in [0.717, 1.165) is 18.1 Å². The van der Waals surface area contributed by atoms with Crippen LogP contribution >= 0.6 is 0 Å². The van der Waals surface area contributed by atoms with Gasteiger partial charge in [0.2, 0.25) is 5.95 Å². The molecule has 0 aliphatic carbocycles. The van der Waals surface area contributed by atoms with Crippen LogP contribution in [0.15, 0.2) is 18.3 Å². The van der Waals surface area contributed by atoms with Crippen molar-refractivity contribution in [2.45, 2.75) is 31.2 Å². The Morgan fingerprint density at radius 1 is 1.30 bits per heavy atom. The van der Waals surface area contributed by atoms with E-state index in [9.17, 15) is 5.26 Å². The van der Waals surface area contributed by atoms with Gasteiger partial charge in [-0.1, -0.05) is 0 Å². The molecular weight excluding hydrogens is 346 g/mol. The average Bonchev–Trinajstić information content (AvgIpc) is 3.21. The van der Waals surface area contributed by atoms with Crippen molar-refractivity contribution in [3.05, 3.63) is 24.0 Å². The molecule has 0 spiro atoms. The van der Waals surface area contributed by atoms with Crippen LogP contribution in [0.1, 0.15) is 25.5 Å². The zero-order valence-corrected chi connectivity index (χ0v) is 15.3. The summed E-state index contributed by atoms with van der Waals surface area (Å²) in [5.74, 6) is 1.96. The molecule has 2 N–H and O–H groups in total. The molecule has 0 radical (unpaired) electrons. The van der Waals surface area contributed by atoms with E-state index < -0.39 is 5.41 Å². The third-order valence-corrected chi connectivity index (χ3v) is 5.17. The van der Waals surface area contributed by atoms with Crippen molar-refractivity contribution in [1.82, 2.24) is 20.2 Å². The fourth-order valence-corrected chi connectivity index (χ4v) is 3.54. The van der Waals surface area contributed by atoms with Crippen LogP contribution < -0.4 is 10.2 Å². The van der Waals surface area contributed by atoms with Gasteiger partial charge in [-0.3, -0.25) is 5.10 Å². The van der Waals surface area contributed by atoms with Gasteiger partial charge in [0, 0.05) is 31.9 Å². The molecular formula is C18H23N7O2. The number of ether oxygens (including phenoxy) is 2. The monoisotopic (exact) mass is 369 g/mol. The number of aromatic amines is 1. The van der Waals surface area contributed by atoms with Crippen LogP contribution in [0.5, 0.6) is 0 Å². The first-order valence-electron chi connectivity index (χ1n) is 9.19. The van der Waals surface area contributed by atoms with Crippen molar-refractivity contribution in [1.29, 1.82) is 5.26 Å². The Labute approximate surface area is 157 Å². The molecule has 2 aromatic heterocycles. The maximum Gasteiger partial charge on any atom is 0.230 e. The van der Waals surface area contributed by atoms with Gasteiger partial charge >= 0.3 is 0 Å². The summed E-state index contributed by atoms with van der Waals surface area (Å²) < 4.78 is 11.0. The number of nitrogens with one attached hydrogen (secondary N) is 2. The van der Waals surface area contributed by atoms with Gasteiger partial charge in [0.15, 0.2) is 0 Å².